The van der Waals surface area contributed by atoms with Gasteiger partial charge in [0.2, 0.25) is 0 Å². The van der Waals surface area contributed by atoms with Crippen molar-refractivity contribution in [3.05, 3.63) is 47.8 Å². The van der Waals surface area contributed by atoms with Crippen LogP contribution in [0.5, 0.6) is 5.75 Å². The van der Waals surface area contributed by atoms with E-state index in [-0.39, 0.29) is 5.97 Å². The molecule has 1 saturated heterocycles. The summed E-state index contributed by atoms with van der Waals surface area (Å²) >= 11 is 0. The maximum atomic E-state index is 12.9. The monoisotopic (exact) mass is 354 g/mol. The Labute approximate surface area is 154 Å². The van der Waals surface area contributed by atoms with E-state index in [1.165, 1.54) is 0 Å². The first kappa shape index (κ1) is 17.2. The van der Waals surface area contributed by atoms with Crippen LogP contribution in [-0.4, -0.2) is 28.7 Å². The fraction of sp³-hybridized carbons (Fsp3) is 0.476. The number of nitrogens with zero attached hydrogens (tertiary/aromatic N) is 1. The predicted octanol–water partition coefficient (Wildman–Crippen LogP) is 3.79. The number of ether oxygens (including phenoxy) is 2. The molecule has 1 aromatic heterocycles. The number of rotatable bonds is 1. The molecule has 26 heavy (non-hydrogen) atoms. The molecule has 2 aliphatic rings. The van der Waals surface area contributed by atoms with Gasteiger partial charge in [0.05, 0.1) is 16.9 Å². The lowest BCUT2D eigenvalue weighted by atomic mass is 9.82. The summed E-state index contributed by atoms with van der Waals surface area (Å²) in [5.41, 5.74) is 1.43. The predicted molar refractivity (Wildman–Crippen MR) is 99.9 cm³/mol. The van der Waals surface area contributed by atoms with Crippen LogP contribution in [0.4, 0.5) is 0 Å². The minimum atomic E-state index is -0.534. The minimum Gasteiger partial charge on any atom is -0.479 e. The van der Waals surface area contributed by atoms with Crippen LogP contribution in [-0.2, 0) is 10.3 Å². The summed E-state index contributed by atoms with van der Waals surface area (Å²) in [5.74, 6) is 0.570. The van der Waals surface area contributed by atoms with Crippen molar-refractivity contribution in [3.8, 4) is 11.4 Å². The van der Waals surface area contributed by atoms with Crippen LogP contribution in [0.1, 0.15) is 56.6 Å². The average Bonchev–Trinajstić information content (AvgIpc) is 3.00. The molecule has 3 heterocycles. The first-order chi connectivity index (χ1) is 12.3. The van der Waals surface area contributed by atoms with E-state index in [2.05, 4.69) is 16.8 Å². The third kappa shape index (κ3) is 2.80. The Morgan fingerprint density at radius 3 is 2.81 bits per heavy atom. The van der Waals surface area contributed by atoms with E-state index in [1.54, 1.807) is 0 Å². The molecule has 1 aromatic carbocycles. The maximum Gasteiger partial charge on any atom is 0.340 e. The molecule has 0 aliphatic carbocycles. The molecule has 138 valence electrons. The van der Waals surface area contributed by atoms with Crippen molar-refractivity contribution < 1.29 is 14.3 Å². The molecule has 2 aromatic rings. The van der Waals surface area contributed by atoms with Gasteiger partial charge in [-0.25, -0.2) is 4.79 Å². The van der Waals surface area contributed by atoms with E-state index in [4.69, 9.17) is 9.47 Å². The number of nitrogens with one attached hydrogen (secondary N) is 1. The van der Waals surface area contributed by atoms with E-state index >= 15 is 0 Å². The summed E-state index contributed by atoms with van der Waals surface area (Å²) in [4.78, 5) is 12.9. The third-order valence-corrected chi connectivity index (χ3v) is 5.02. The minimum absolute atomic E-state index is 0.292. The number of hydrogen-bond acceptors (Lipinski definition) is 4. The summed E-state index contributed by atoms with van der Waals surface area (Å²) < 4.78 is 14.3. The van der Waals surface area contributed by atoms with Crippen LogP contribution in [0.3, 0.4) is 0 Å². The third-order valence-electron chi connectivity index (χ3n) is 5.02. The zero-order valence-corrected chi connectivity index (χ0v) is 15.8. The van der Waals surface area contributed by atoms with Gasteiger partial charge in [-0.2, -0.15) is 0 Å². The number of carbonyl (C=O) groups excluding carboxylic acids is 1. The Morgan fingerprint density at radius 2 is 2.08 bits per heavy atom. The van der Waals surface area contributed by atoms with Crippen molar-refractivity contribution in [2.24, 2.45) is 0 Å². The standard InChI is InChI=1S/C21H26N2O3/c1-14-13-21(10-11-22-14)18-15(19(24)26-20(2,3)4)9-12-23(18)16-7-5-6-8-17(16)25-21/h5-9,12,14,22H,10-11,13H2,1-4H3. The van der Waals surface area contributed by atoms with Crippen LogP contribution >= 0.6 is 0 Å². The van der Waals surface area contributed by atoms with Gasteiger partial charge in [0.25, 0.3) is 0 Å². The molecule has 5 heteroatoms. The van der Waals surface area contributed by atoms with Gasteiger partial charge in [0, 0.05) is 25.1 Å². The number of fused-ring (bicyclic) bond motifs is 4. The lowest BCUT2D eigenvalue weighted by Gasteiger charge is -2.44. The largest absolute Gasteiger partial charge is 0.479 e. The summed E-state index contributed by atoms with van der Waals surface area (Å²) in [7, 11) is 0. The van der Waals surface area contributed by atoms with Crippen LogP contribution in [0.25, 0.3) is 5.69 Å². The zero-order valence-electron chi connectivity index (χ0n) is 15.8. The highest BCUT2D eigenvalue weighted by atomic mass is 16.6. The van der Waals surface area contributed by atoms with Gasteiger partial charge in [0.1, 0.15) is 11.4 Å². The van der Waals surface area contributed by atoms with E-state index in [9.17, 15) is 4.79 Å². The molecule has 1 N–H and O–H groups in total. The molecule has 2 atom stereocenters. The Kier molecular flexibility index (Phi) is 3.88. The van der Waals surface area contributed by atoms with Crippen molar-refractivity contribution in [3.63, 3.8) is 0 Å². The highest BCUT2D eigenvalue weighted by molar-refractivity contribution is 5.92. The number of benzene rings is 1. The second kappa shape index (κ2) is 5.88. The molecule has 2 aliphatic heterocycles. The molecule has 4 rings (SSSR count). The number of para-hydroxylation sites is 2. The van der Waals surface area contributed by atoms with E-state index < -0.39 is 11.2 Å². The van der Waals surface area contributed by atoms with E-state index in [0.29, 0.717) is 11.6 Å². The molecule has 0 bridgehead atoms. The lowest BCUT2D eigenvalue weighted by molar-refractivity contribution is -0.00305. The zero-order chi connectivity index (χ0) is 18.5. The van der Waals surface area contributed by atoms with E-state index in [1.807, 2.05) is 57.3 Å². The van der Waals surface area contributed by atoms with Gasteiger partial charge in [-0.3, -0.25) is 0 Å². The van der Waals surface area contributed by atoms with Crippen molar-refractivity contribution in [2.45, 2.75) is 57.8 Å². The highest BCUT2D eigenvalue weighted by Gasteiger charge is 2.47. The van der Waals surface area contributed by atoms with Gasteiger partial charge in [-0.15, -0.1) is 0 Å². The fourth-order valence-corrected chi connectivity index (χ4v) is 4.09. The van der Waals surface area contributed by atoms with Crippen LogP contribution in [0.15, 0.2) is 36.5 Å². The molecule has 1 spiro atoms. The Morgan fingerprint density at radius 1 is 1.31 bits per heavy atom. The molecule has 2 unspecified atom stereocenters. The molecular formula is C21H26N2O3. The van der Waals surface area contributed by atoms with Crippen molar-refractivity contribution >= 4 is 5.97 Å². The van der Waals surface area contributed by atoms with Gasteiger partial charge >= 0.3 is 5.97 Å². The van der Waals surface area contributed by atoms with Crippen LogP contribution in [0.2, 0.25) is 0 Å². The van der Waals surface area contributed by atoms with E-state index in [0.717, 1.165) is 36.5 Å². The van der Waals surface area contributed by atoms with Crippen molar-refractivity contribution in [1.29, 1.82) is 0 Å². The number of esters is 1. The number of piperidine rings is 1. The summed E-state index contributed by atoms with van der Waals surface area (Å²) in [5, 5.41) is 3.48. The van der Waals surface area contributed by atoms with Gasteiger partial charge in [-0.05, 0) is 52.4 Å². The fourth-order valence-electron chi connectivity index (χ4n) is 4.09. The normalized spacial score (nSPS) is 24.5. The molecule has 0 amide bonds. The number of carbonyl (C=O) groups is 1. The van der Waals surface area contributed by atoms with Crippen LogP contribution in [0, 0.1) is 0 Å². The SMILES string of the molecule is CC1CC2(CCN1)Oc1ccccc1-n1ccc(C(=O)OC(C)(C)C)c12. The molecule has 1 fully saturated rings. The molecule has 0 saturated carbocycles. The molecule has 0 radical (unpaired) electrons. The second-order valence-electron chi connectivity index (χ2n) is 8.32. The van der Waals surface area contributed by atoms with Crippen molar-refractivity contribution in [1.82, 2.24) is 9.88 Å². The summed E-state index contributed by atoms with van der Waals surface area (Å²) in [6.07, 6.45) is 3.58. The number of hydrogen-bond donors (Lipinski definition) is 1. The molecule has 5 nitrogen and oxygen atoms in total. The van der Waals surface area contributed by atoms with Gasteiger partial charge in [-0.1, -0.05) is 12.1 Å². The number of aromatic nitrogens is 1. The Hall–Kier alpha value is -2.27. The topological polar surface area (TPSA) is 52.5 Å². The first-order valence-corrected chi connectivity index (χ1v) is 9.26. The lowest BCUT2D eigenvalue weighted by Crippen LogP contribution is -2.51. The van der Waals surface area contributed by atoms with Gasteiger partial charge < -0.3 is 19.4 Å². The second-order valence-corrected chi connectivity index (χ2v) is 8.32. The van der Waals surface area contributed by atoms with Gasteiger partial charge in [0.15, 0.2) is 5.60 Å². The van der Waals surface area contributed by atoms with Crippen LogP contribution < -0.4 is 10.1 Å². The first-order valence-electron chi connectivity index (χ1n) is 9.26. The summed E-state index contributed by atoms with van der Waals surface area (Å²) in [6.45, 7) is 8.68. The van der Waals surface area contributed by atoms with Crippen molar-refractivity contribution in [2.75, 3.05) is 6.54 Å². The maximum absolute atomic E-state index is 12.9. The Balaban J connectivity index is 1.87. The quantitative estimate of drug-likeness (QED) is 0.792. The average molecular weight is 354 g/mol. The molecular weight excluding hydrogens is 328 g/mol. The Bertz CT molecular complexity index is 849. The smallest absolute Gasteiger partial charge is 0.340 e. The highest BCUT2D eigenvalue weighted by Crippen LogP contribution is 2.46. The summed E-state index contributed by atoms with van der Waals surface area (Å²) in [6, 6.07) is 10.2.